The minimum absolute atomic E-state index is 0.350. The molecule has 0 aliphatic rings. The van der Waals surface area contributed by atoms with Crippen molar-refractivity contribution in [3.63, 3.8) is 0 Å². The van der Waals surface area contributed by atoms with Crippen LogP contribution in [0.15, 0.2) is 24.3 Å². The molecule has 4 nitrogen and oxygen atoms in total. The molecule has 0 saturated carbocycles. The van der Waals surface area contributed by atoms with E-state index >= 15 is 0 Å². The van der Waals surface area contributed by atoms with E-state index in [1.165, 1.54) is 103 Å². The van der Waals surface area contributed by atoms with E-state index in [0.717, 1.165) is 18.7 Å². The summed E-state index contributed by atoms with van der Waals surface area (Å²) >= 11 is 0. The van der Waals surface area contributed by atoms with Gasteiger partial charge in [-0.15, -0.1) is 0 Å². The number of Topliss-reactive ketones (excluding diaryl/α,β-unsaturated/α-hetero) is 1. The van der Waals surface area contributed by atoms with Crippen molar-refractivity contribution in [2.75, 3.05) is 11.9 Å². The van der Waals surface area contributed by atoms with Gasteiger partial charge in [-0.25, -0.2) is 0 Å². The molecule has 0 heterocycles. The highest BCUT2D eigenvalue weighted by molar-refractivity contribution is 6.05. The van der Waals surface area contributed by atoms with Crippen molar-refractivity contribution in [2.24, 2.45) is 0 Å². The topological polar surface area (TPSA) is 66.4 Å². The van der Waals surface area contributed by atoms with Gasteiger partial charge in [0.15, 0.2) is 5.78 Å². The van der Waals surface area contributed by atoms with Gasteiger partial charge in [-0.05, 0) is 30.7 Å². The molecule has 0 atom stereocenters. The summed E-state index contributed by atoms with van der Waals surface area (Å²) in [6.07, 6.45) is 23.0. The zero-order valence-corrected chi connectivity index (χ0v) is 20.5. The number of hydrogen-bond acceptors (Lipinski definition) is 3. The van der Waals surface area contributed by atoms with Gasteiger partial charge in [0.25, 0.3) is 0 Å². The first-order valence-electron chi connectivity index (χ1n) is 13.2. The van der Waals surface area contributed by atoms with Crippen LogP contribution in [0.25, 0.3) is 0 Å². The highest BCUT2D eigenvalue weighted by Gasteiger charge is 2.10. The number of benzene rings is 1. The molecule has 0 unspecified atom stereocenters. The molecular weight excluding hydrogens is 398 g/mol. The molecule has 0 aliphatic heterocycles. The van der Waals surface area contributed by atoms with E-state index < -0.39 is 12.4 Å². The van der Waals surface area contributed by atoms with Crippen molar-refractivity contribution in [3.8, 4) is 0 Å². The molecule has 4 heteroatoms. The number of carbonyl (C=O) groups is 2. The monoisotopic (exact) mass is 445 g/mol. The van der Waals surface area contributed by atoms with E-state index in [1.807, 2.05) is 12.1 Å². The molecule has 1 aromatic carbocycles. The molecule has 0 aromatic heterocycles. The number of ketones is 1. The summed E-state index contributed by atoms with van der Waals surface area (Å²) in [7, 11) is 0. The van der Waals surface area contributed by atoms with Crippen LogP contribution in [-0.2, 0) is 4.79 Å². The Morgan fingerprint density at radius 3 is 1.47 bits per heavy atom. The second kappa shape index (κ2) is 19.8. The van der Waals surface area contributed by atoms with Crippen LogP contribution in [-0.4, -0.2) is 23.4 Å². The van der Waals surface area contributed by atoms with E-state index in [1.54, 1.807) is 12.1 Å². The lowest BCUT2D eigenvalue weighted by atomic mass is 10.0. The predicted molar refractivity (Wildman–Crippen MR) is 136 cm³/mol. The fourth-order valence-electron chi connectivity index (χ4n) is 4.10. The molecule has 0 spiro atoms. The summed E-state index contributed by atoms with van der Waals surface area (Å²) in [6.45, 7) is 3.21. The second-order valence-electron chi connectivity index (χ2n) is 9.15. The fourth-order valence-corrected chi connectivity index (χ4v) is 4.10. The van der Waals surface area contributed by atoms with Crippen LogP contribution < -0.4 is 5.32 Å². The molecular formula is C28H47NO3. The molecule has 0 radical (unpaired) electrons. The van der Waals surface area contributed by atoms with Crippen LogP contribution in [0.4, 0.5) is 5.69 Å². The van der Waals surface area contributed by atoms with E-state index in [4.69, 9.17) is 5.11 Å². The van der Waals surface area contributed by atoms with Crippen LogP contribution in [0.2, 0.25) is 0 Å². The lowest BCUT2D eigenvalue weighted by Crippen LogP contribution is -2.07. The lowest BCUT2D eigenvalue weighted by Gasteiger charge is -2.07. The Kier molecular flexibility index (Phi) is 17.5. The number of rotatable bonds is 22. The fraction of sp³-hybridized carbons (Fsp3) is 0.714. The van der Waals surface area contributed by atoms with Gasteiger partial charge in [-0.3, -0.25) is 9.59 Å². The van der Waals surface area contributed by atoms with Crippen molar-refractivity contribution < 1.29 is 14.7 Å². The Labute approximate surface area is 196 Å². The van der Waals surface area contributed by atoms with Gasteiger partial charge in [0.05, 0.1) is 0 Å². The van der Waals surface area contributed by atoms with Gasteiger partial charge >= 0.3 is 5.97 Å². The van der Waals surface area contributed by atoms with E-state index in [9.17, 15) is 9.59 Å². The molecule has 2 N–H and O–H groups in total. The summed E-state index contributed by atoms with van der Waals surface area (Å²) in [5, 5.41) is 12.1. The molecule has 32 heavy (non-hydrogen) atoms. The van der Waals surface area contributed by atoms with Crippen LogP contribution in [0.1, 0.15) is 133 Å². The molecule has 1 aromatic rings. The smallest absolute Gasteiger partial charge is 0.311 e. The van der Waals surface area contributed by atoms with Crippen LogP contribution in [0.3, 0.4) is 0 Å². The highest BCUT2D eigenvalue weighted by atomic mass is 16.4. The second-order valence-corrected chi connectivity index (χ2v) is 9.15. The first-order valence-corrected chi connectivity index (χ1v) is 13.2. The Balaban J connectivity index is 1.85. The predicted octanol–water partition coefficient (Wildman–Crippen LogP) is 8.41. The number of unbranched alkanes of at least 4 members (excludes halogenated alkanes) is 16. The molecule has 0 aliphatic carbocycles. The summed E-state index contributed by atoms with van der Waals surface area (Å²) in [6, 6.07) is 7.09. The van der Waals surface area contributed by atoms with Crippen LogP contribution >= 0.6 is 0 Å². The molecule has 0 bridgehead atoms. The number of hydrogen-bond donors (Lipinski definition) is 2. The maximum atomic E-state index is 11.7. The summed E-state index contributed by atoms with van der Waals surface area (Å²) in [4.78, 5) is 22.3. The molecule has 182 valence electrons. The average molecular weight is 446 g/mol. The summed E-state index contributed by atoms with van der Waals surface area (Å²) in [5.74, 6) is -1.44. The van der Waals surface area contributed by atoms with Gasteiger partial charge in [0.1, 0.15) is 6.42 Å². The number of anilines is 1. The normalized spacial score (nSPS) is 10.9. The maximum absolute atomic E-state index is 11.7. The van der Waals surface area contributed by atoms with E-state index in [-0.39, 0.29) is 5.78 Å². The zero-order chi connectivity index (χ0) is 23.3. The standard InChI is InChI=1S/C28H47NO3/c1-2-3-4-5-6-7-8-9-10-11-12-13-14-15-16-17-18-23-29-26-21-19-25(20-22-26)27(30)24-28(31)32/h19-22,29H,2-18,23-24H2,1H3,(H,31,32). The third kappa shape index (κ3) is 15.9. The maximum Gasteiger partial charge on any atom is 0.311 e. The quantitative estimate of drug-likeness (QED) is 0.107. The first-order chi connectivity index (χ1) is 15.6. The van der Waals surface area contributed by atoms with Crippen molar-refractivity contribution in [2.45, 2.75) is 122 Å². The Morgan fingerprint density at radius 2 is 1.06 bits per heavy atom. The third-order valence-electron chi connectivity index (χ3n) is 6.13. The molecule has 0 amide bonds. The van der Waals surface area contributed by atoms with E-state index in [0.29, 0.717) is 5.56 Å². The highest BCUT2D eigenvalue weighted by Crippen LogP contribution is 2.15. The molecule has 1 rings (SSSR count). The van der Waals surface area contributed by atoms with E-state index in [2.05, 4.69) is 12.2 Å². The number of nitrogens with one attached hydrogen (secondary N) is 1. The lowest BCUT2D eigenvalue weighted by molar-refractivity contribution is -0.135. The Morgan fingerprint density at radius 1 is 0.656 bits per heavy atom. The number of aliphatic carboxylic acids is 1. The van der Waals surface area contributed by atoms with Gasteiger partial charge in [0, 0.05) is 17.8 Å². The van der Waals surface area contributed by atoms with Gasteiger partial charge in [-0.1, -0.05) is 110 Å². The Bertz CT molecular complexity index is 597. The van der Waals surface area contributed by atoms with Gasteiger partial charge < -0.3 is 10.4 Å². The summed E-state index contributed by atoms with van der Waals surface area (Å²) in [5.41, 5.74) is 1.43. The van der Waals surface area contributed by atoms with Crippen molar-refractivity contribution in [3.05, 3.63) is 29.8 Å². The minimum Gasteiger partial charge on any atom is -0.481 e. The number of carbonyl (C=O) groups excluding carboxylic acids is 1. The van der Waals surface area contributed by atoms with Crippen molar-refractivity contribution in [1.82, 2.24) is 0 Å². The third-order valence-corrected chi connectivity index (χ3v) is 6.13. The van der Waals surface area contributed by atoms with Crippen LogP contribution in [0, 0.1) is 0 Å². The largest absolute Gasteiger partial charge is 0.481 e. The number of carboxylic acids is 1. The average Bonchev–Trinajstić information content (AvgIpc) is 2.78. The molecule has 0 saturated heterocycles. The van der Waals surface area contributed by atoms with Crippen molar-refractivity contribution in [1.29, 1.82) is 0 Å². The molecule has 0 fully saturated rings. The first kappa shape index (κ1) is 28.2. The van der Waals surface area contributed by atoms with Gasteiger partial charge in [-0.2, -0.15) is 0 Å². The SMILES string of the molecule is CCCCCCCCCCCCCCCCCCCNc1ccc(C(=O)CC(=O)O)cc1. The zero-order valence-electron chi connectivity index (χ0n) is 20.5. The van der Waals surface area contributed by atoms with Crippen LogP contribution in [0.5, 0.6) is 0 Å². The minimum atomic E-state index is -1.09. The Hall–Kier alpha value is -1.84. The summed E-state index contributed by atoms with van der Waals surface area (Å²) < 4.78 is 0. The van der Waals surface area contributed by atoms with Gasteiger partial charge in [0.2, 0.25) is 0 Å². The van der Waals surface area contributed by atoms with Crippen molar-refractivity contribution >= 4 is 17.4 Å². The number of carboxylic acid groups (broad SMARTS) is 1.